The summed E-state index contributed by atoms with van der Waals surface area (Å²) in [5.74, 6) is -0.973. The number of halogens is 4. The molecular weight excluding hydrogens is 477 g/mol. The minimum Gasteiger partial charge on any atom is -0.312 e. The lowest BCUT2D eigenvalue weighted by Crippen LogP contribution is -2.46. The number of carbonyl (C=O) groups is 2. The van der Waals surface area contributed by atoms with Crippen molar-refractivity contribution in [3.05, 3.63) is 94.5 Å². The summed E-state index contributed by atoms with van der Waals surface area (Å²) in [6.45, 7) is 4.20. The van der Waals surface area contributed by atoms with Crippen LogP contribution in [0.25, 0.3) is 0 Å². The monoisotopic (exact) mass is 500 g/mol. The molecule has 0 fully saturated rings. The molecule has 0 N–H and O–H groups in total. The third kappa shape index (κ3) is 4.91. The first kappa shape index (κ1) is 24.8. The van der Waals surface area contributed by atoms with Crippen LogP contribution >= 0.6 is 11.6 Å². The predicted molar refractivity (Wildman–Crippen MR) is 131 cm³/mol. The molecule has 0 saturated carbocycles. The summed E-state index contributed by atoms with van der Waals surface area (Å²) in [6, 6.07) is 18.1. The topological polar surface area (TPSA) is 40.6 Å². The van der Waals surface area contributed by atoms with E-state index in [0.29, 0.717) is 29.2 Å². The number of para-hydroxylation sites is 1. The van der Waals surface area contributed by atoms with Crippen molar-refractivity contribution in [3.8, 4) is 0 Å². The number of hydrogen-bond acceptors (Lipinski definition) is 2. The fourth-order valence-corrected chi connectivity index (χ4v) is 4.70. The van der Waals surface area contributed by atoms with Crippen LogP contribution in [0.5, 0.6) is 0 Å². The van der Waals surface area contributed by atoms with Gasteiger partial charge in [0.25, 0.3) is 5.91 Å². The van der Waals surface area contributed by atoms with E-state index in [1.165, 1.54) is 12.1 Å². The molecule has 3 aromatic carbocycles. The van der Waals surface area contributed by atoms with Crippen LogP contribution in [0.1, 0.15) is 47.7 Å². The summed E-state index contributed by atoms with van der Waals surface area (Å²) in [4.78, 5) is 30.3. The van der Waals surface area contributed by atoms with Crippen LogP contribution in [0.2, 0.25) is 5.02 Å². The lowest BCUT2D eigenvalue weighted by atomic mass is 9.84. The Balaban J connectivity index is 1.67. The van der Waals surface area contributed by atoms with Gasteiger partial charge in [-0.15, -0.1) is 0 Å². The largest absolute Gasteiger partial charge is 0.416 e. The smallest absolute Gasteiger partial charge is 0.312 e. The van der Waals surface area contributed by atoms with E-state index in [2.05, 4.69) is 0 Å². The zero-order valence-electron chi connectivity index (χ0n) is 19.2. The molecule has 3 aromatic rings. The van der Waals surface area contributed by atoms with E-state index in [-0.39, 0.29) is 17.5 Å². The van der Waals surface area contributed by atoms with Gasteiger partial charge in [0, 0.05) is 34.5 Å². The van der Waals surface area contributed by atoms with E-state index in [9.17, 15) is 22.8 Å². The first-order valence-corrected chi connectivity index (χ1v) is 11.7. The number of rotatable bonds is 4. The third-order valence-corrected chi connectivity index (χ3v) is 6.54. The molecule has 0 aromatic heterocycles. The maximum Gasteiger partial charge on any atom is 0.416 e. The van der Waals surface area contributed by atoms with Crippen LogP contribution in [-0.4, -0.2) is 24.4 Å². The van der Waals surface area contributed by atoms with Gasteiger partial charge in [-0.1, -0.05) is 29.8 Å². The fourth-order valence-electron chi connectivity index (χ4n) is 4.57. The lowest BCUT2D eigenvalue weighted by Gasteiger charge is -2.40. The van der Waals surface area contributed by atoms with Gasteiger partial charge in [0.05, 0.1) is 11.5 Å². The Labute approximate surface area is 206 Å². The first-order chi connectivity index (χ1) is 16.6. The molecule has 8 heteroatoms. The first-order valence-electron chi connectivity index (χ1n) is 11.3. The van der Waals surface area contributed by atoms with Gasteiger partial charge in [-0.05, 0) is 80.4 Å². The van der Waals surface area contributed by atoms with Crippen molar-refractivity contribution >= 4 is 34.8 Å². The Hall–Kier alpha value is -3.32. The molecule has 182 valence electrons. The molecule has 1 aliphatic heterocycles. The Morgan fingerprint density at radius 3 is 2.23 bits per heavy atom. The molecule has 0 radical (unpaired) electrons. The second kappa shape index (κ2) is 9.74. The molecular formula is C27H24ClF3N2O2. The standard InChI is InChI=1S/C27H24ClF3N2O2/c1-3-32(21-14-12-20(28)13-15-21)26(35)23-16-17(2)33(24-7-5-4-6-22(23)24)25(34)18-8-10-19(11-9-18)27(29,30)31/h4-15,17,23H,3,16H2,1-2H3/t17-,23-/m0/s1. The summed E-state index contributed by atoms with van der Waals surface area (Å²) >= 11 is 6.00. The van der Waals surface area contributed by atoms with Crippen molar-refractivity contribution in [1.82, 2.24) is 0 Å². The Bertz CT molecular complexity index is 1230. The van der Waals surface area contributed by atoms with E-state index in [0.717, 1.165) is 17.8 Å². The van der Waals surface area contributed by atoms with Gasteiger partial charge in [0.1, 0.15) is 0 Å². The number of fused-ring (bicyclic) bond motifs is 1. The normalized spacial score (nSPS) is 17.6. The number of carbonyl (C=O) groups excluding carboxylic acids is 2. The molecule has 0 aliphatic carbocycles. The molecule has 35 heavy (non-hydrogen) atoms. The molecule has 0 unspecified atom stereocenters. The van der Waals surface area contributed by atoms with E-state index < -0.39 is 23.6 Å². The molecule has 4 rings (SSSR count). The maximum atomic E-state index is 13.7. The minimum absolute atomic E-state index is 0.0873. The SMILES string of the molecule is CCN(C(=O)[C@H]1C[C@H](C)N(C(=O)c2ccc(C(F)(F)F)cc2)c2ccccc21)c1ccc(Cl)cc1. The van der Waals surface area contributed by atoms with Crippen molar-refractivity contribution in [1.29, 1.82) is 0 Å². The van der Waals surface area contributed by atoms with Gasteiger partial charge in [0.2, 0.25) is 5.91 Å². The highest BCUT2D eigenvalue weighted by molar-refractivity contribution is 6.30. The molecule has 4 nitrogen and oxygen atoms in total. The highest BCUT2D eigenvalue weighted by Gasteiger charge is 2.39. The van der Waals surface area contributed by atoms with Crippen LogP contribution in [-0.2, 0) is 11.0 Å². The summed E-state index contributed by atoms with van der Waals surface area (Å²) in [5, 5.41) is 0.575. The summed E-state index contributed by atoms with van der Waals surface area (Å²) in [6.07, 6.45) is -4.10. The van der Waals surface area contributed by atoms with Gasteiger partial charge >= 0.3 is 6.18 Å². The van der Waals surface area contributed by atoms with E-state index in [1.807, 2.05) is 26.0 Å². The molecule has 2 amide bonds. The highest BCUT2D eigenvalue weighted by Crippen LogP contribution is 2.41. The van der Waals surface area contributed by atoms with Gasteiger partial charge in [-0.3, -0.25) is 9.59 Å². The van der Waals surface area contributed by atoms with Crippen molar-refractivity contribution in [2.75, 3.05) is 16.3 Å². The number of amides is 2. The van der Waals surface area contributed by atoms with Crippen molar-refractivity contribution < 1.29 is 22.8 Å². The molecule has 1 aliphatic rings. The number of hydrogen-bond donors (Lipinski definition) is 0. The molecule has 0 bridgehead atoms. The summed E-state index contributed by atoms with van der Waals surface area (Å²) in [7, 11) is 0. The predicted octanol–water partition coefficient (Wildman–Crippen LogP) is 6.93. The zero-order chi connectivity index (χ0) is 25.3. The molecule has 2 atom stereocenters. The quantitative estimate of drug-likeness (QED) is 0.389. The second-order valence-corrected chi connectivity index (χ2v) is 8.94. The van der Waals surface area contributed by atoms with E-state index >= 15 is 0 Å². The molecule has 0 saturated heterocycles. The second-order valence-electron chi connectivity index (χ2n) is 8.51. The van der Waals surface area contributed by atoms with Gasteiger partial charge in [-0.2, -0.15) is 13.2 Å². The van der Waals surface area contributed by atoms with Crippen molar-refractivity contribution in [2.24, 2.45) is 0 Å². The van der Waals surface area contributed by atoms with Crippen LogP contribution in [0, 0.1) is 0 Å². The van der Waals surface area contributed by atoms with Gasteiger partial charge in [-0.25, -0.2) is 0 Å². The van der Waals surface area contributed by atoms with Crippen LogP contribution in [0.15, 0.2) is 72.8 Å². The Kier molecular flexibility index (Phi) is 6.90. The van der Waals surface area contributed by atoms with Crippen LogP contribution in [0.4, 0.5) is 24.5 Å². The minimum atomic E-state index is -4.48. The molecule has 1 heterocycles. The van der Waals surface area contributed by atoms with Gasteiger partial charge in [0.15, 0.2) is 0 Å². The Morgan fingerprint density at radius 1 is 1.00 bits per heavy atom. The maximum absolute atomic E-state index is 13.7. The lowest BCUT2D eigenvalue weighted by molar-refractivity contribution is -0.137. The fraction of sp³-hybridized carbons (Fsp3) is 0.259. The average Bonchev–Trinajstić information content (AvgIpc) is 2.84. The number of alkyl halides is 3. The third-order valence-electron chi connectivity index (χ3n) is 6.29. The van der Waals surface area contributed by atoms with Crippen LogP contribution in [0.3, 0.4) is 0 Å². The van der Waals surface area contributed by atoms with Crippen molar-refractivity contribution in [2.45, 2.75) is 38.4 Å². The Morgan fingerprint density at radius 2 is 1.63 bits per heavy atom. The summed E-state index contributed by atoms with van der Waals surface area (Å²) in [5.41, 5.74) is 1.37. The van der Waals surface area contributed by atoms with Gasteiger partial charge < -0.3 is 9.80 Å². The van der Waals surface area contributed by atoms with E-state index in [1.54, 1.807) is 46.2 Å². The highest BCUT2D eigenvalue weighted by atomic mass is 35.5. The number of anilines is 2. The number of benzene rings is 3. The number of likely N-dealkylation sites (N-methyl/N-ethyl adjacent to an activating group) is 1. The summed E-state index contributed by atoms with van der Waals surface area (Å²) < 4.78 is 38.9. The molecule has 0 spiro atoms. The average molecular weight is 501 g/mol. The van der Waals surface area contributed by atoms with Crippen molar-refractivity contribution in [3.63, 3.8) is 0 Å². The number of nitrogens with zero attached hydrogens (tertiary/aromatic N) is 2. The zero-order valence-corrected chi connectivity index (χ0v) is 20.0. The van der Waals surface area contributed by atoms with Crippen LogP contribution < -0.4 is 9.80 Å². The van der Waals surface area contributed by atoms with E-state index in [4.69, 9.17) is 11.6 Å².